The van der Waals surface area contributed by atoms with Crippen LogP contribution in [0.1, 0.15) is 25.1 Å². The fourth-order valence-electron chi connectivity index (χ4n) is 5.12. The second-order valence-corrected chi connectivity index (χ2v) is 10.5. The van der Waals surface area contributed by atoms with Gasteiger partial charge in [0.25, 0.3) is 5.56 Å². The van der Waals surface area contributed by atoms with Crippen LogP contribution in [0.4, 0.5) is 11.6 Å². The zero-order valence-electron chi connectivity index (χ0n) is 24.2. The van der Waals surface area contributed by atoms with Gasteiger partial charge in [0.15, 0.2) is 5.82 Å². The Labute approximate surface area is 248 Å². The highest BCUT2D eigenvalue weighted by atomic mass is 16.5. The summed E-state index contributed by atoms with van der Waals surface area (Å²) < 4.78 is 14.9. The highest BCUT2D eigenvalue weighted by molar-refractivity contribution is 5.78. The monoisotopic (exact) mass is 585 g/mol. The summed E-state index contributed by atoms with van der Waals surface area (Å²) in [6, 6.07) is 9.65. The molecule has 0 radical (unpaired) electrons. The summed E-state index contributed by atoms with van der Waals surface area (Å²) >= 11 is 0. The minimum atomic E-state index is -0.211. The summed E-state index contributed by atoms with van der Waals surface area (Å²) in [5, 5.41) is 15.7. The Morgan fingerprint density at radius 3 is 2.81 bits per heavy atom. The van der Waals surface area contributed by atoms with Crippen molar-refractivity contribution in [3.63, 3.8) is 0 Å². The molecular weight excluding hydrogens is 550 g/mol. The third-order valence-corrected chi connectivity index (χ3v) is 7.53. The molecule has 13 heteroatoms. The minimum absolute atomic E-state index is 0.00934. The molecule has 4 aromatic heterocycles. The lowest BCUT2D eigenvalue weighted by Gasteiger charge is -2.26. The van der Waals surface area contributed by atoms with E-state index in [9.17, 15) is 9.90 Å². The number of anilines is 2. The molecule has 1 aliphatic heterocycles. The maximum Gasteiger partial charge on any atom is 0.277 e. The maximum atomic E-state index is 12.4. The van der Waals surface area contributed by atoms with Crippen molar-refractivity contribution < 1.29 is 14.6 Å². The molecule has 1 atom stereocenters. The molecule has 1 aromatic carbocycles. The molecule has 0 saturated carbocycles. The molecule has 3 N–H and O–H groups in total. The number of nitrogens with zero attached hydrogens (tertiary/aromatic N) is 7. The number of aliphatic hydroxyl groups is 1. The number of H-pyrrole nitrogens is 1. The van der Waals surface area contributed by atoms with Gasteiger partial charge in [0.1, 0.15) is 35.4 Å². The summed E-state index contributed by atoms with van der Waals surface area (Å²) in [7, 11) is 1.64. The standard InChI is InChI=1S/C30H35N9O4/c1-20(7-12-40)29-36-27(21-4-3-5-22(16-21)43-15-11-38-9-13-42-14-10-38)24-18-32-26(19-39(24)29)34-25-6-8-31-28(35-25)23-17-33-37(2)30(23)41/h3-6,8,16-20,33,40H,7,9-15H2,1-2H3,(H,31,34,35). The largest absolute Gasteiger partial charge is 0.492 e. The van der Waals surface area contributed by atoms with Crippen LogP contribution in [-0.2, 0) is 11.8 Å². The van der Waals surface area contributed by atoms with E-state index in [1.54, 1.807) is 31.7 Å². The van der Waals surface area contributed by atoms with Crippen LogP contribution in [0.15, 0.2) is 59.9 Å². The summed E-state index contributed by atoms with van der Waals surface area (Å²) in [5.74, 6) is 2.92. The van der Waals surface area contributed by atoms with Crippen molar-refractivity contribution in [1.29, 1.82) is 0 Å². The second kappa shape index (κ2) is 12.7. The lowest BCUT2D eigenvalue weighted by molar-refractivity contribution is 0.0322. The number of fused-ring (bicyclic) bond motifs is 1. The number of hydrogen-bond donors (Lipinski definition) is 3. The molecule has 13 nitrogen and oxygen atoms in total. The average Bonchev–Trinajstić information content (AvgIpc) is 3.57. The van der Waals surface area contributed by atoms with Crippen molar-refractivity contribution in [3.05, 3.63) is 71.3 Å². The van der Waals surface area contributed by atoms with Crippen LogP contribution in [0.2, 0.25) is 0 Å². The Hall–Kier alpha value is -4.59. The Kier molecular flexibility index (Phi) is 8.45. The third kappa shape index (κ3) is 6.28. The van der Waals surface area contributed by atoms with E-state index in [2.05, 4.69) is 30.3 Å². The second-order valence-electron chi connectivity index (χ2n) is 10.5. The molecule has 1 unspecified atom stereocenters. The summed E-state index contributed by atoms with van der Waals surface area (Å²) in [6.45, 7) is 6.91. The fourth-order valence-corrected chi connectivity index (χ4v) is 5.12. The highest BCUT2D eigenvalue weighted by Gasteiger charge is 2.19. The summed E-state index contributed by atoms with van der Waals surface area (Å²) in [6.07, 6.45) is 7.38. The van der Waals surface area contributed by atoms with E-state index in [1.165, 1.54) is 4.68 Å². The van der Waals surface area contributed by atoms with Crippen molar-refractivity contribution in [3.8, 4) is 28.4 Å². The van der Waals surface area contributed by atoms with Crippen molar-refractivity contribution >= 4 is 17.2 Å². The Bertz CT molecular complexity index is 1760. The molecule has 6 rings (SSSR count). The van der Waals surface area contributed by atoms with Crippen molar-refractivity contribution in [2.75, 3.05) is 51.4 Å². The number of nitrogens with one attached hydrogen (secondary N) is 2. The quantitative estimate of drug-likeness (QED) is 0.211. The predicted octanol–water partition coefficient (Wildman–Crippen LogP) is 2.82. The molecular formula is C30H35N9O4. The molecule has 224 valence electrons. The Morgan fingerprint density at radius 1 is 1.16 bits per heavy atom. The van der Waals surface area contributed by atoms with Crippen LogP contribution >= 0.6 is 0 Å². The van der Waals surface area contributed by atoms with E-state index in [4.69, 9.17) is 14.5 Å². The number of benzene rings is 1. The normalized spacial score (nSPS) is 14.7. The average molecular weight is 586 g/mol. The number of ether oxygens (including phenoxy) is 2. The van der Waals surface area contributed by atoms with E-state index in [0.717, 1.165) is 61.2 Å². The van der Waals surface area contributed by atoms with Crippen LogP contribution in [0.3, 0.4) is 0 Å². The van der Waals surface area contributed by atoms with E-state index in [0.29, 0.717) is 36.1 Å². The Morgan fingerprint density at radius 2 is 2.02 bits per heavy atom. The molecule has 5 heterocycles. The number of rotatable bonds is 11. The van der Waals surface area contributed by atoms with Crippen LogP contribution in [0.5, 0.6) is 5.75 Å². The molecule has 1 saturated heterocycles. The van der Waals surface area contributed by atoms with Gasteiger partial charge in [-0.25, -0.2) is 19.9 Å². The summed E-state index contributed by atoms with van der Waals surface area (Å²) in [5.41, 5.74) is 2.69. The number of morpholine rings is 1. The number of aryl methyl sites for hydroxylation is 1. The van der Waals surface area contributed by atoms with Gasteiger partial charge in [-0.05, 0) is 24.6 Å². The number of aromatic nitrogens is 7. The number of imidazole rings is 1. The first-order valence-electron chi connectivity index (χ1n) is 14.4. The van der Waals surface area contributed by atoms with E-state index >= 15 is 0 Å². The van der Waals surface area contributed by atoms with Gasteiger partial charge in [-0.1, -0.05) is 19.1 Å². The van der Waals surface area contributed by atoms with Gasteiger partial charge < -0.3 is 25.0 Å². The molecule has 0 amide bonds. The van der Waals surface area contributed by atoms with Gasteiger partial charge in [-0.2, -0.15) is 0 Å². The molecule has 1 fully saturated rings. The van der Waals surface area contributed by atoms with E-state index in [-0.39, 0.29) is 18.1 Å². The zero-order chi connectivity index (χ0) is 29.8. The first-order chi connectivity index (χ1) is 21.0. The van der Waals surface area contributed by atoms with Gasteiger partial charge in [-0.3, -0.25) is 18.8 Å². The lowest BCUT2D eigenvalue weighted by atomic mass is 10.1. The van der Waals surface area contributed by atoms with Gasteiger partial charge in [-0.15, -0.1) is 0 Å². The fraction of sp³-hybridized carbons (Fsp3) is 0.367. The van der Waals surface area contributed by atoms with E-state index < -0.39 is 0 Å². The molecule has 1 aliphatic rings. The maximum absolute atomic E-state index is 12.4. The molecule has 5 aromatic rings. The van der Waals surface area contributed by atoms with Crippen molar-refractivity contribution in [2.24, 2.45) is 7.05 Å². The van der Waals surface area contributed by atoms with Gasteiger partial charge in [0.2, 0.25) is 0 Å². The van der Waals surface area contributed by atoms with Crippen LogP contribution in [0, 0.1) is 0 Å². The minimum Gasteiger partial charge on any atom is -0.492 e. The van der Waals surface area contributed by atoms with E-state index in [1.807, 2.05) is 41.8 Å². The van der Waals surface area contributed by atoms with Gasteiger partial charge in [0, 0.05) is 57.2 Å². The first-order valence-corrected chi connectivity index (χ1v) is 14.4. The van der Waals surface area contributed by atoms with Crippen LogP contribution in [0.25, 0.3) is 28.2 Å². The highest BCUT2D eigenvalue weighted by Crippen LogP contribution is 2.31. The summed E-state index contributed by atoms with van der Waals surface area (Å²) in [4.78, 5) is 33.2. The Balaban J connectivity index is 1.27. The number of aromatic amines is 1. The molecule has 0 spiro atoms. The molecule has 0 aliphatic carbocycles. The first kappa shape index (κ1) is 28.5. The van der Waals surface area contributed by atoms with Crippen molar-refractivity contribution in [1.82, 2.24) is 39.0 Å². The predicted molar refractivity (Wildman–Crippen MR) is 162 cm³/mol. The lowest BCUT2D eigenvalue weighted by Crippen LogP contribution is -2.38. The van der Waals surface area contributed by atoms with Crippen molar-refractivity contribution in [2.45, 2.75) is 19.3 Å². The smallest absolute Gasteiger partial charge is 0.277 e. The third-order valence-electron chi connectivity index (χ3n) is 7.53. The van der Waals surface area contributed by atoms with Gasteiger partial charge in [0.05, 0.1) is 36.8 Å². The topological polar surface area (TPSA) is 148 Å². The SMILES string of the molecule is CC(CCO)c1nc(-c2cccc(OCCN3CCOCC3)c2)c2cnc(Nc3ccnc(-c4c[nH]n(C)c4=O)n3)cn12. The molecule has 0 bridgehead atoms. The zero-order valence-corrected chi connectivity index (χ0v) is 24.2. The van der Waals surface area contributed by atoms with Crippen LogP contribution < -0.4 is 15.6 Å². The van der Waals surface area contributed by atoms with Gasteiger partial charge >= 0.3 is 0 Å². The number of hydrogen-bond acceptors (Lipinski definition) is 10. The molecule has 43 heavy (non-hydrogen) atoms. The number of aliphatic hydroxyl groups excluding tert-OH is 1. The van der Waals surface area contributed by atoms with Crippen LogP contribution in [-0.4, -0.2) is 90.2 Å².